The molecular formula is C16H23NO2. The molecule has 1 fully saturated rings. The summed E-state index contributed by atoms with van der Waals surface area (Å²) >= 11 is 0. The first-order chi connectivity index (χ1) is 8.90. The van der Waals surface area contributed by atoms with Gasteiger partial charge < -0.3 is 10.0 Å². The standard InChI is InChI=1S/C16H23NO2/c1-10-5-6-13(12(3)11(10)2)8-17(4)9-14-7-15(14)16(18)19/h5-6,14-15H,7-9H2,1-4H3,(H,18,19). The number of carboxylic acid groups (broad SMARTS) is 1. The lowest BCUT2D eigenvalue weighted by Gasteiger charge is -2.19. The number of nitrogens with zero attached hydrogens (tertiary/aromatic N) is 1. The summed E-state index contributed by atoms with van der Waals surface area (Å²) in [5.74, 6) is -0.404. The van der Waals surface area contributed by atoms with Crippen LogP contribution in [0.3, 0.4) is 0 Å². The van der Waals surface area contributed by atoms with Crippen molar-refractivity contribution in [1.29, 1.82) is 0 Å². The first-order valence-corrected chi connectivity index (χ1v) is 6.87. The Morgan fingerprint density at radius 1 is 1.32 bits per heavy atom. The molecule has 104 valence electrons. The highest BCUT2D eigenvalue weighted by Crippen LogP contribution is 2.39. The normalized spacial score (nSPS) is 21.7. The van der Waals surface area contributed by atoms with E-state index in [1.165, 1.54) is 22.3 Å². The van der Waals surface area contributed by atoms with Crippen LogP contribution in [0.15, 0.2) is 12.1 Å². The van der Waals surface area contributed by atoms with E-state index >= 15 is 0 Å². The van der Waals surface area contributed by atoms with Crippen LogP contribution in [0.2, 0.25) is 0 Å². The maximum absolute atomic E-state index is 10.8. The Hall–Kier alpha value is -1.35. The topological polar surface area (TPSA) is 40.5 Å². The van der Waals surface area contributed by atoms with Gasteiger partial charge in [0.25, 0.3) is 0 Å². The van der Waals surface area contributed by atoms with Crippen LogP contribution in [0.1, 0.15) is 28.7 Å². The van der Waals surface area contributed by atoms with Crippen molar-refractivity contribution in [3.05, 3.63) is 34.4 Å². The molecule has 0 spiro atoms. The summed E-state index contributed by atoms with van der Waals surface area (Å²) in [5.41, 5.74) is 5.40. The monoisotopic (exact) mass is 261 g/mol. The minimum Gasteiger partial charge on any atom is -0.481 e. The summed E-state index contributed by atoms with van der Waals surface area (Å²) in [6.45, 7) is 8.24. The van der Waals surface area contributed by atoms with Crippen molar-refractivity contribution in [2.45, 2.75) is 33.7 Å². The molecule has 0 heterocycles. The molecular weight excluding hydrogens is 238 g/mol. The highest BCUT2D eigenvalue weighted by Gasteiger charge is 2.43. The summed E-state index contributed by atoms with van der Waals surface area (Å²) < 4.78 is 0. The highest BCUT2D eigenvalue weighted by molar-refractivity contribution is 5.73. The van der Waals surface area contributed by atoms with Gasteiger partial charge in [0.05, 0.1) is 5.92 Å². The van der Waals surface area contributed by atoms with E-state index in [-0.39, 0.29) is 5.92 Å². The molecule has 1 aromatic carbocycles. The van der Waals surface area contributed by atoms with E-state index < -0.39 is 5.97 Å². The zero-order valence-electron chi connectivity index (χ0n) is 12.2. The lowest BCUT2D eigenvalue weighted by atomic mass is 9.98. The molecule has 3 heteroatoms. The van der Waals surface area contributed by atoms with Crippen molar-refractivity contribution in [1.82, 2.24) is 4.90 Å². The third kappa shape index (κ3) is 3.16. The van der Waals surface area contributed by atoms with Crippen LogP contribution in [-0.2, 0) is 11.3 Å². The summed E-state index contributed by atoms with van der Waals surface area (Å²) in [7, 11) is 2.08. The van der Waals surface area contributed by atoms with Gasteiger partial charge in [-0.3, -0.25) is 4.79 Å². The molecule has 0 bridgehead atoms. The lowest BCUT2D eigenvalue weighted by molar-refractivity contribution is -0.138. The number of rotatable bonds is 5. The van der Waals surface area contributed by atoms with E-state index in [4.69, 9.17) is 5.11 Å². The van der Waals surface area contributed by atoms with Crippen molar-refractivity contribution < 1.29 is 9.90 Å². The fourth-order valence-corrected chi connectivity index (χ4v) is 2.69. The number of hydrogen-bond donors (Lipinski definition) is 1. The number of hydrogen-bond acceptors (Lipinski definition) is 2. The molecule has 0 aliphatic heterocycles. The van der Waals surface area contributed by atoms with Gasteiger partial charge in [-0.05, 0) is 62.4 Å². The van der Waals surface area contributed by atoms with E-state index in [0.29, 0.717) is 5.92 Å². The van der Waals surface area contributed by atoms with Gasteiger partial charge in [-0.25, -0.2) is 0 Å². The van der Waals surface area contributed by atoms with Crippen LogP contribution >= 0.6 is 0 Å². The summed E-state index contributed by atoms with van der Waals surface area (Å²) in [6.07, 6.45) is 0.839. The first-order valence-electron chi connectivity index (χ1n) is 6.87. The molecule has 19 heavy (non-hydrogen) atoms. The Bertz CT molecular complexity index is 496. The summed E-state index contributed by atoms with van der Waals surface area (Å²) in [6, 6.07) is 4.36. The SMILES string of the molecule is Cc1ccc(CN(C)CC2CC2C(=O)O)c(C)c1C. The van der Waals surface area contributed by atoms with Crippen molar-refractivity contribution in [3.8, 4) is 0 Å². The number of aryl methyl sites for hydroxylation is 1. The Kier molecular flexibility index (Phi) is 3.95. The molecule has 0 saturated heterocycles. The maximum atomic E-state index is 10.8. The van der Waals surface area contributed by atoms with E-state index in [1.807, 2.05) is 0 Å². The Morgan fingerprint density at radius 3 is 2.58 bits per heavy atom. The number of aliphatic carboxylic acids is 1. The van der Waals surface area contributed by atoms with Gasteiger partial charge in [0.1, 0.15) is 0 Å². The molecule has 3 nitrogen and oxygen atoms in total. The summed E-state index contributed by atoms with van der Waals surface area (Å²) in [5, 5.41) is 8.92. The fourth-order valence-electron chi connectivity index (χ4n) is 2.69. The smallest absolute Gasteiger partial charge is 0.306 e. The van der Waals surface area contributed by atoms with Gasteiger partial charge in [0.15, 0.2) is 0 Å². The van der Waals surface area contributed by atoms with Crippen molar-refractivity contribution in [3.63, 3.8) is 0 Å². The third-order valence-electron chi connectivity index (χ3n) is 4.40. The molecule has 1 aromatic rings. The van der Waals surface area contributed by atoms with Crippen LogP contribution in [0.4, 0.5) is 0 Å². The molecule has 2 unspecified atom stereocenters. The molecule has 2 rings (SSSR count). The molecule has 0 radical (unpaired) electrons. The largest absolute Gasteiger partial charge is 0.481 e. The van der Waals surface area contributed by atoms with Crippen LogP contribution in [0, 0.1) is 32.6 Å². The maximum Gasteiger partial charge on any atom is 0.306 e. The van der Waals surface area contributed by atoms with E-state index in [9.17, 15) is 4.79 Å². The third-order valence-corrected chi connectivity index (χ3v) is 4.40. The first kappa shape index (κ1) is 14.1. The molecule has 0 amide bonds. The van der Waals surface area contributed by atoms with Crippen LogP contribution in [0.5, 0.6) is 0 Å². The van der Waals surface area contributed by atoms with Gasteiger partial charge >= 0.3 is 5.97 Å². The lowest BCUT2D eigenvalue weighted by Crippen LogP contribution is -2.22. The Labute approximate surface area is 115 Å². The van der Waals surface area contributed by atoms with Gasteiger partial charge in [-0.15, -0.1) is 0 Å². The predicted molar refractivity (Wildman–Crippen MR) is 76.2 cm³/mol. The quantitative estimate of drug-likeness (QED) is 0.886. The molecule has 1 N–H and O–H groups in total. The molecule has 1 aliphatic rings. The van der Waals surface area contributed by atoms with E-state index in [1.54, 1.807) is 0 Å². The number of carboxylic acids is 1. The molecule has 1 aliphatic carbocycles. The predicted octanol–water partition coefficient (Wildman–Crippen LogP) is 2.76. The molecule has 0 aromatic heterocycles. The van der Waals surface area contributed by atoms with Gasteiger partial charge in [0.2, 0.25) is 0 Å². The summed E-state index contributed by atoms with van der Waals surface area (Å²) in [4.78, 5) is 13.1. The molecule has 2 atom stereocenters. The van der Waals surface area contributed by atoms with Crippen LogP contribution in [-0.4, -0.2) is 29.6 Å². The van der Waals surface area contributed by atoms with E-state index in [0.717, 1.165) is 19.5 Å². The van der Waals surface area contributed by atoms with Crippen LogP contribution in [0.25, 0.3) is 0 Å². The Morgan fingerprint density at radius 2 is 2.00 bits per heavy atom. The minimum atomic E-state index is -0.638. The minimum absolute atomic E-state index is 0.108. The average molecular weight is 261 g/mol. The van der Waals surface area contributed by atoms with E-state index in [2.05, 4.69) is 44.9 Å². The van der Waals surface area contributed by atoms with Crippen molar-refractivity contribution >= 4 is 5.97 Å². The zero-order chi connectivity index (χ0) is 14.2. The van der Waals surface area contributed by atoms with Gasteiger partial charge in [0, 0.05) is 13.1 Å². The molecule has 1 saturated carbocycles. The Balaban J connectivity index is 1.95. The van der Waals surface area contributed by atoms with Gasteiger partial charge in [-0.2, -0.15) is 0 Å². The fraction of sp³-hybridized carbons (Fsp3) is 0.562. The zero-order valence-corrected chi connectivity index (χ0v) is 12.2. The second-order valence-corrected chi connectivity index (χ2v) is 5.93. The highest BCUT2D eigenvalue weighted by atomic mass is 16.4. The second kappa shape index (κ2) is 5.33. The number of carbonyl (C=O) groups is 1. The number of benzene rings is 1. The second-order valence-electron chi connectivity index (χ2n) is 5.93. The van der Waals surface area contributed by atoms with Crippen molar-refractivity contribution in [2.75, 3.05) is 13.6 Å². The van der Waals surface area contributed by atoms with Gasteiger partial charge in [-0.1, -0.05) is 12.1 Å². The van der Waals surface area contributed by atoms with Crippen LogP contribution < -0.4 is 0 Å². The average Bonchev–Trinajstić information content (AvgIpc) is 3.09. The van der Waals surface area contributed by atoms with Crippen molar-refractivity contribution in [2.24, 2.45) is 11.8 Å².